The van der Waals surface area contributed by atoms with Crippen molar-refractivity contribution in [1.29, 1.82) is 0 Å². The fourth-order valence-electron chi connectivity index (χ4n) is 1.90. The zero-order chi connectivity index (χ0) is 12.7. The molecule has 0 aliphatic rings. The normalized spacial score (nSPS) is 12.2. The maximum absolute atomic E-state index is 11.4. The molecule has 0 aromatic heterocycles. The van der Waals surface area contributed by atoms with Gasteiger partial charge in [0.15, 0.2) is 0 Å². The summed E-state index contributed by atoms with van der Waals surface area (Å²) in [6.07, 6.45) is 0.946. The zero-order valence-electron chi connectivity index (χ0n) is 10.9. The predicted molar refractivity (Wildman–Crippen MR) is 70.9 cm³/mol. The van der Waals surface area contributed by atoms with E-state index in [4.69, 9.17) is 0 Å². The number of hydrogen-bond acceptors (Lipinski definition) is 2. The van der Waals surface area contributed by atoms with E-state index >= 15 is 0 Å². The van der Waals surface area contributed by atoms with Crippen LogP contribution in [-0.2, 0) is 11.2 Å². The van der Waals surface area contributed by atoms with Crippen LogP contribution in [0.25, 0.3) is 0 Å². The lowest BCUT2D eigenvalue weighted by molar-refractivity contribution is -0.128. The summed E-state index contributed by atoms with van der Waals surface area (Å²) in [5.41, 5.74) is 1.30. The molecule has 1 unspecified atom stereocenters. The van der Waals surface area contributed by atoms with Gasteiger partial charge in [-0.3, -0.25) is 4.79 Å². The molecule has 0 aliphatic carbocycles. The first-order valence-electron chi connectivity index (χ1n) is 6.14. The number of nitrogens with zero attached hydrogens (tertiary/aromatic N) is 1. The second-order valence-electron chi connectivity index (χ2n) is 4.23. The van der Waals surface area contributed by atoms with Crippen molar-refractivity contribution in [3.05, 3.63) is 35.9 Å². The Balaban J connectivity index is 2.57. The van der Waals surface area contributed by atoms with Crippen LogP contribution >= 0.6 is 0 Å². The third kappa shape index (κ3) is 4.57. The second-order valence-corrected chi connectivity index (χ2v) is 4.23. The molecular formula is C14H22N2O. The molecule has 17 heavy (non-hydrogen) atoms. The minimum atomic E-state index is 0.140. The summed E-state index contributed by atoms with van der Waals surface area (Å²) in [6.45, 7) is 5.16. The van der Waals surface area contributed by atoms with Gasteiger partial charge in [0, 0.05) is 26.1 Å². The molecule has 1 aromatic rings. The maximum Gasteiger partial charge on any atom is 0.219 e. The molecule has 0 saturated carbocycles. The van der Waals surface area contributed by atoms with Crippen molar-refractivity contribution in [1.82, 2.24) is 10.2 Å². The number of amides is 1. The Hall–Kier alpha value is -1.35. The number of carbonyl (C=O) groups is 1. The molecule has 1 amide bonds. The summed E-state index contributed by atoms with van der Waals surface area (Å²) in [7, 11) is 1.95. The van der Waals surface area contributed by atoms with Gasteiger partial charge in [-0.05, 0) is 26.0 Å². The lowest BCUT2D eigenvalue weighted by atomic mass is 10.1. The molecule has 0 radical (unpaired) electrons. The van der Waals surface area contributed by atoms with Crippen LogP contribution < -0.4 is 5.32 Å². The number of carbonyl (C=O) groups excluding carboxylic acids is 1. The van der Waals surface area contributed by atoms with Crippen LogP contribution in [0.4, 0.5) is 0 Å². The Morgan fingerprint density at radius 3 is 2.47 bits per heavy atom. The number of rotatable bonds is 6. The minimum Gasteiger partial charge on any atom is -0.342 e. The van der Waals surface area contributed by atoms with Crippen molar-refractivity contribution in [3.8, 4) is 0 Å². The summed E-state index contributed by atoms with van der Waals surface area (Å²) < 4.78 is 0. The van der Waals surface area contributed by atoms with Crippen LogP contribution in [0.2, 0.25) is 0 Å². The Morgan fingerprint density at radius 1 is 1.35 bits per heavy atom. The molecule has 94 valence electrons. The van der Waals surface area contributed by atoms with E-state index in [0.29, 0.717) is 6.04 Å². The second kappa shape index (κ2) is 7.07. The average Bonchev–Trinajstić information content (AvgIpc) is 2.35. The van der Waals surface area contributed by atoms with Crippen LogP contribution in [0, 0.1) is 0 Å². The number of hydrogen-bond donors (Lipinski definition) is 1. The van der Waals surface area contributed by atoms with Gasteiger partial charge in [-0.1, -0.05) is 30.3 Å². The van der Waals surface area contributed by atoms with Crippen LogP contribution in [0.3, 0.4) is 0 Å². The van der Waals surface area contributed by atoms with E-state index in [0.717, 1.165) is 19.5 Å². The number of likely N-dealkylation sites (N-methyl/N-ethyl adjacent to an activating group) is 2. The highest BCUT2D eigenvalue weighted by Crippen LogP contribution is 2.04. The van der Waals surface area contributed by atoms with E-state index in [9.17, 15) is 4.79 Å². The molecule has 0 heterocycles. The first-order chi connectivity index (χ1) is 8.17. The van der Waals surface area contributed by atoms with Gasteiger partial charge in [0.1, 0.15) is 0 Å². The molecule has 0 fully saturated rings. The van der Waals surface area contributed by atoms with Gasteiger partial charge in [-0.2, -0.15) is 0 Å². The predicted octanol–water partition coefficient (Wildman–Crippen LogP) is 1.69. The van der Waals surface area contributed by atoms with Crippen LogP contribution in [-0.4, -0.2) is 37.0 Å². The molecule has 3 heteroatoms. The summed E-state index contributed by atoms with van der Waals surface area (Å²) >= 11 is 0. The molecule has 1 atom stereocenters. The van der Waals surface area contributed by atoms with E-state index in [-0.39, 0.29) is 5.91 Å². The Morgan fingerprint density at radius 2 is 2.00 bits per heavy atom. The molecule has 3 nitrogen and oxygen atoms in total. The van der Waals surface area contributed by atoms with E-state index in [1.807, 2.05) is 37.1 Å². The van der Waals surface area contributed by atoms with Gasteiger partial charge < -0.3 is 10.2 Å². The van der Waals surface area contributed by atoms with E-state index < -0.39 is 0 Å². The van der Waals surface area contributed by atoms with Gasteiger partial charge >= 0.3 is 0 Å². The van der Waals surface area contributed by atoms with Crippen LogP contribution in [0.1, 0.15) is 19.4 Å². The quantitative estimate of drug-likeness (QED) is 0.812. The first-order valence-corrected chi connectivity index (χ1v) is 6.14. The summed E-state index contributed by atoms with van der Waals surface area (Å²) in [4.78, 5) is 13.2. The van der Waals surface area contributed by atoms with Crippen molar-refractivity contribution in [2.45, 2.75) is 26.3 Å². The van der Waals surface area contributed by atoms with Crippen LogP contribution in [0.5, 0.6) is 0 Å². The third-order valence-electron chi connectivity index (χ3n) is 3.00. The van der Waals surface area contributed by atoms with E-state index in [1.54, 1.807) is 6.92 Å². The molecule has 1 rings (SSSR count). The van der Waals surface area contributed by atoms with Crippen molar-refractivity contribution < 1.29 is 4.79 Å². The van der Waals surface area contributed by atoms with Crippen molar-refractivity contribution in [3.63, 3.8) is 0 Å². The number of nitrogens with one attached hydrogen (secondary N) is 1. The largest absolute Gasteiger partial charge is 0.342 e. The van der Waals surface area contributed by atoms with Crippen molar-refractivity contribution in [2.24, 2.45) is 0 Å². The zero-order valence-corrected chi connectivity index (χ0v) is 10.9. The van der Waals surface area contributed by atoms with Gasteiger partial charge in [-0.15, -0.1) is 0 Å². The summed E-state index contributed by atoms with van der Waals surface area (Å²) in [5, 5.41) is 3.28. The van der Waals surface area contributed by atoms with Gasteiger partial charge in [0.2, 0.25) is 5.91 Å². The highest BCUT2D eigenvalue weighted by Gasteiger charge is 2.13. The standard InChI is InChI=1S/C14H22N2O/c1-4-16(12(2)17)11-14(15-3)10-13-8-6-5-7-9-13/h5-9,14-15H,4,10-11H2,1-3H3. The monoisotopic (exact) mass is 234 g/mol. The third-order valence-corrected chi connectivity index (χ3v) is 3.00. The highest BCUT2D eigenvalue weighted by molar-refractivity contribution is 5.73. The molecule has 0 bridgehead atoms. The molecule has 1 aromatic carbocycles. The van der Waals surface area contributed by atoms with Gasteiger partial charge in [0.05, 0.1) is 0 Å². The fraction of sp³-hybridized carbons (Fsp3) is 0.500. The molecular weight excluding hydrogens is 212 g/mol. The van der Waals surface area contributed by atoms with E-state index in [2.05, 4.69) is 17.4 Å². The fourth-order valence-corrected chi connectivity index (χ4v) is 1.90. The van der Waals surface area contributed by atoms with Gasteiger partial charge in [-0.25, -0.2) is 0 Å². The SMILES string of the molecule is CCN(CC(Cc1ccccc1)NC)C(C)=O. The molecule has 0 spiro atoms. The minimum absolute atomic E-state index is 0.140. The first kappa shape index (κ1) is 13.7. The average molecular weight is 234 g/mol. The number of benzene rings is 1. The molecule has 0 saturated heterocycles. The molecule has 0 aliphatic heterocycles. The van der Waals surface area contributed by atoms with Crippen molar-refractivity contribution in [2.75, 3.05) is 20.1 Å². The Bertz CT molecular complexity index is 337. The van der Waals surface area contributed by atoms with Crippen LogP contribution in [0.15, 0.2) is 30.3 Å². The van der Waals surface area contributed by atoms with Gasteiger partial charge in [0.25, 0.3) is 0 Å². The summed E-state index contributed by atoms with van der Waals surface area (Å²) in [6, 6.07) is 10.7. The van der Waals surface area contributed by atoms with E-state index in [1.165, 1.54) is 5.56 Å². The summed E-state index contributed by atoms with van der Waals surface area (Å²) in [5.74, 6) is 0.140. The Labute approximate surface area is 104 Å². The topological polar surface area (TPSA) is 32.3 Å². The van der Waals surface area contributed by atoms with Crippen molar-refractivity contribution >= 4 is 5.91 Å². The maximum atomic E-state index is 11.4. The highest BCUT2D eigenvalue weighted by atomic mass is 16.2. The molecule has 1 N–H and O–H groups in total. The Kier molecular flexibility index (Phi) is 5.70. The lowest BCUT2D eigenvalue weighted by Gasteiger charge is -2.25. The smallest absolute Gasteiger partial charge is 0.219 e. The lowest BCUT2D eigenvalue weighted by Crippen LogP contribution is -2.42.